The number of rotatable bonds is 3. The van der Waals surface area contributed by atoms with Crippen LogP contribution in [0.1, 0.15) is 12.7 Å². The summed E-state index contributed by atoms with van der Waals surface area (Å²) in [5.74, 6) is 1.30. The summed E-state index contributed by atoms with van der Waals surface area (Å²) in [5.41, 5.74) is 5.74. The maximum Gasteiger partial charge on any atom is 0.131 e. The average Bonchev–Trinajstić information content (AvgIpc) is 2.28. The Morgan fingerprint density at radius 3 is 2.82 bits per heavy atom. The van der Waals surface area contributed by atoms with Crippen molar-refractivity contribution in [3.63, 3.8) is 0 Å². The molecule has 0 bridgehead atoms. The summed E-state index contributed by atoms with van der Waals surface area (Å²) in [7, 11) is 0. The van der Waals surface area contributed by atoms with Crippen LogP contribution in [0, 0.1) is 0 Å². The van der Waals surface area contributed by atoms with Gasteiger partial charge < -0.3 is 5.73 Å². The molecule has 0 saturated heterocycles. The Morgan fingerprint density at radius 2 is 2.12 bits per heavy atom. The molecule has 2 N–H and O–H groups in total. The predicted octanol–water partition coefficient (Wildman–Crippen LogP) is 3.53. The summed E-state index contributed by atoms with van der Waals surface area (Å²) in [5, 5.41) is 0.882. The Kier molecular flexibility index (Phi) is 4.02. The molecule has 88 valence electrons. The molecule has 2 aromatic rings. The van der Waals surface area contributed by atoms with Gasteiger partial charge in [-0.15, -0.1) is 0 Å². The van der Waals surface area contributed by atoms with Crippen molar-refractivity contribution < 1.29 is 0 Å². The van der Waals surface area contributed by atoms with Gasteiger partial charge in [-0.2, -0.15) is 0 Å². The Hall–Kier alpha value is -1.07. The van der Waals surface area contributed by atoms with Crippen LogP contribution in [0.3, 0.4) is 0 Å². The SMILES string of the molecule is CCc1nc(N)cc(Sc2cccc(Br)c2)n1. The van der Waals surface area contributed by atoms with Crippen LogP contribution in [-0.4, -0.2) is 9.97 Å². The van der Waals surface area contributed by atoms with Crippen molar-refractivity contribution in [2.75, 3.05) is 5.73 Å². The van der Waals surface area contributed by atoms with Crippen LogP contribution in [0.15, 0.2) is 44.7 Å². The topological polar surface area (TPSA) is 51.8 Å². The van der Waals surface area contributed by atoms with Crippen LogP contribution in [0.25, 0.3) is 0 Å². The van der Waals surface area contributed by atoms with Crippen molar-refractivity contribution in [2.45, 2.75) is 23.3 Å². The summed E-state index contributed by atoms with van der Waals surface area (Å²) in [6.07, 6.45) is 0.789. The number of nitrogens with two attached hydrogens (primary N) is 1. The van der Waals surface area contributed by atoms with Gasteiger partial charge in [-0.05, 0) is 18.2 Å². The minimum atomic E-state index is 0.523. The molecule has 0 unspecified atom stereocenters. The molecule has 1 heterocycles. The van der Waals surface area contributed by atoms with E-state index >= 15 is 0 Å². The first-order valence-corrected chi connectivity index (χ1v) is 6.85. The summed E-state index contributed by atoms with van der Waals surface area (Å²) in [6, 6.07) is 9.88. The Labute approximate surface area is 113 Å². The van der Waals surface area contributed by atoms with Gasteiger partial charge in [0.05, 0.1) is 0 Å². The lowest BCUT2D eigenvalue weighted by molar-refractivity contribution is 0.894. The smallest absolute Gasteiger partial charge is 0.131 e. The highest BCUT2D eigenvalue weighted by Gasteiger charge is 2.03. The van der Waals surface area contributed by atoms with E-state index in [4.69, 9.17) is 5.73 Å². The van der Waals surface area contributed by atoms with Gasteiger partial charge in [-0.1, -0.05) is 40.7 Å². The highest BCUT2D eigenvalue weighted by Crippen LogP contribution is 2.28. The first-order chi connectivity index (χ1) is 8.17. The molecule has 0 aliphatic carbocycles. The van der Waals surface area contributed by atoms with Crippen molar-refractivity contribution in [1.82, 2.24) is 9.97 Å². The molecule has 0 spiro atoms. The molecule has 0 atom stereocenters. The van der Waals surface area contributed by atoms with E-state index in [1.807, 2.05) is 25.1 Å². The number of benzene rings is 1. The second-order valence-corrected chi connectivity index (χ2v) is 5.47. The van der Waals surface area contributed by atoms with Crippen LogP contribution in [0.5, 0.6) is 0 Å². The second kappa shape index (κ2) is 5.51. The average molecular weight is 310 g/mol. The normalized spacial score (nSPS) is 10.5. The van der Waals surface area contributed by atoms with Crippen LogP contribution in [-0.2, 0) is 6.42 Å². The molecule has 0 radical (unpaired) electrons. The summed E-state index contributed by atoms with van der Waals surface area (Å²) < 4.78 is 1.06. The fourth-order valence-electron chi connectivity index (χ4n) is 1.35. The highest BCUT2D eigenvalue weighted by atomic mass is 79.9. The number of hydrogen-bond donors (Lipinski definition) is 1. The van der Waals surface area contributed by atoms with Gasteiger partial charge in [-0.3, -0.25) is 0 Å². The van der Waals surface area contributed by atoms with E-state index in [0.29, 0.717) is 5.82 Å². The van der Waals surface area contributed by atoms with Crippen LogP contribution >= 0.6 is 27.7 Å². The van der Waals surface area contributed by atoms with E-state index in [1.54, 1.807) is 17.8 Å². The summed E-state index contributed by atoms with van der Waals surface area (Å²) in [4.78, 5) is 9.71. The van der Waals surface area contributed by atoms with Crippen LogP contribution in [0.2, 0.25) is 0 Å². The van der Waals surface area contributed by atoms with E-state index in [-0.39, 0.29) is 0 Å². The minimum absolute atomic E-state index is 0.523. The van der Waals surface area contributed by atoms with E-state index in [9.17, 15) is 0 Å². The Balaban J connectivity index is 2.26. The van der Waals surface area contributed by atoms with E-state index in [2.05, 4.69) is 32.0 Å². The molecule has 0 aliphatic rings. The predicted molar refractivity (Wildman–Crippen MR) is 74.1 cm³/mol. The summed E-state index contributed by atoms with van der Waals surface area (Å²) in [6.45, 7) is 2.02. The number of aryl methyl sites for hydroxylation is 1. The largest absolute Gasteiger partial charge is 0.384 e. The summed E-state index contributed by atoms with van der Waals surface area (Å²) >= 11 is 5.03. The van der Waals surface area contributed by atoms with Gasteiger partial charge in [0.15, 0.2) is 0 Å². The fraction of sp³-hybridized carbons (Fsp3) is 0.167. The zero-order chi connectivity index (χ0) is 12.3. The Morgan fingerprint density at radius 1 is 1.29 bits per heavy atom. The van der Waals surface area contributed by atoms with Crippen molar-refractivity contribution in [3.8, 4) is 0 Å². The third-order valence-corrected chi connectivity index (χ3v) is 3.50. The monoisotopic (exact) mass is 309 g/mol. The molecule has 1 aromatic heterocycles. The molecule has 0 amide bonds. The quantitative estimate of drug-likeness (QED) is 0.881. The van der Waals surface area contributed by atoms with Crippen molar-refractivity contribution >= 4 is 33.5 Å². The third-order valence-electron chi connectivity index (χ3n) is 2.10. The van der Waals surface area contributed by atoms with Gasteiger partial charge in [0.2, 0.25) is 0 Å². The Bertz CT molecular complexity index is 531. The van der Waals surface area contributed by atoms with Gasteiger partial charge in [0.1, 0.15) is 16.7 Å². The van der Waals surface area contributed by atoms with E-state index < -0.39 is 0 Å². The molecule has 3 nitrogen and oxygen atoms in total. The van der Waals surface area contributed by atoms with Gasteiger partial charge >= 0.3 is 0 Å². The first kappa shape index (κ1) is 12.4. The molecule has 0 saturated carbocycles. The lowest BCUT2D eigenvalue weighted by Crippen LogP contribution is -1.99. The number of hydrogen-bond acceptors (Lipinski definition) is 4. The molecule has 0 fully saturated rings. The molecule has 17 heavy (non-hydrogen) atoms. The second-order valence-electron chi connectivity index (χ2n) is 3.46. The number of anilines is 1. The lowest BCUT2D eigenvalue weighted by atomic mass is 10.4. The number of aromatic nitrogens is 2. The molecule has 5 heteroatoms. The standard InChI is InChI=1S/C12H12BrN3S/c1-2-11-15-10(14)7-12(16-11)17-9-5-3-4-8(13)6-9/h3-7H,2H2,1H3,(H2,14,15,16). The molecule has 1 aromatic carbocycles. The van der Waals surface area contributed by atoms with E-state index in [1.165, 1.54) is 0 Å². The minimum Gasteiger partial charge on any atom is -0.384 e. The van der Waals surface area contributed by atoms with Gasteiger partial charge in [0.25, 0.3) is 0 Å². The molecular formula is C12H12BrN3S. The molecule has 0 aliphatic heterocycles. The van der Waals surface area contributed by atoms with Crippen LogP contribution in [0.4, 0.5) is 5.82 Å². The van der Waals surface area contributed by atoms with Crippen molar-refractivity contribution in [2.24, 2.45) is 0 Å². The number of nitrogens with zero attached hydrogens (tertiary/aromatic N) is 2. The van der Waals surface area contributed by atoms with E-state index in [0.717, 1.165) is 26.6 Å². The highest BCUT2D eigenvalue weighted by molar-refractivity contribution is 9.10. The van der Waals surface area contributed by atoms with Crippen molar-refractivity contribution in [3.05, 3.63) is 40.6 Å². The number of nitrogen functional groups attached to an aromatic ring is 1. The van der Waals surface area contributed by atoms with Gasteiger partial charge in [0, 0.05) is 21.9 Å². The lowest BCUT2D eigenvalue weighted by Gasteiger charge is -2.04. The molecular weight excluding hydrogens is 298 g/mol. The molecule has 2 rings (SSSR count). The third kappa shape index (κ3) is 3.44. The maximum absolute atomic E-state index is 5.74. The van der Waals surface area contributed by atoms with Crippen molar-refractivity contribution in [1.29, 1.82) is 0 Å². The fourth-order valence-corrected chi connectivity index (χ4v) is 2.81. The first-order valence-electron chi connectivity index (χ1n) is 5.24. The zero-order valence-electron chi connectivity index (χ0n) is 9.35. The number of halogens is 1. The zero-order valence-corrected chi connectivity index (χ0v) is 11.8. The van der Waals surface area contributed by atoms with Crippen LogP contribution < -0.4 is 5.73 Å². The maximum atomic E-state index is 5.74. The van der Waals surface area contributed by atoms with Gasteiger partial charge in [-0.25, -0.2) is 9.97 Å².